The number of benzene rings is 2. The smallest absolute Gasteiger partial charge is 0.322 e. The van der Waals surface area contributed by atoms with Crippen LogP contribution in [0.1, 0.15) is 18.5 Å². The number of nitrogens with zero attached hydrogens (tertiary/aromatic N) is 4. The Labute approximate surface area is 156 Å². The summed E-state index contributed by atoms with van der Waals surface area (Å²) in [5, 5.41) is 11.0. The van der Waals surface area contributed by atoms with Crippen LogP contribution in [0.3, 0.4) is 0 Å². The van der Waals surface area contributed by atoms with Crippen molar-refractivity contribution in [3.63, 3.8) is 0 Å². The summed E-state index contributed by atoms with van der Waals surface area (Å²) >= 11 is 0. The molecule has 0 bridgehead atoms. The number of ether oxygens (including phenoxy) is 2. The van der Waals surface area contributed by atoms with Gasteiger partial charge in [0.25, 0.3) is 0 Å². The molecule has 4 rings (SSSR count). The first-order valence-electron chi connectivity index (χ1n) is 8.76. The van der Waals surface area contributed by atoms with E-state index in [0.717, 1.165) is 22.3 Å². The third kappa shape index (κ3) is 3.25. The fraction of sp³-hybridized carbons (Fsp3) is 0.316. The second-order valence-corrected chi connectivity index (χ2v) is 6.54. The van der Waals surface area contributed by atoms with E-state index < -0.39 is 0 Å². The average molecular weight is 367 g/mol. The third-order valence-electron chi connectivity index (χ3n) is 4.81. The SMILES string of the molecule is CC(c1ccc2c(c1)OCCO2)N(C)C(=O)Nc1ccc2c(c1)nnn2C. The molecule has 1 unspecified atom stereocenters. The molecule has 140 valence electrons. The number of hydrogen-bond donors (Lipinski definition) is 1. The van der Waals surface area contributed by atoms with E-state index in [1.165, 1.54) is 0 Å². The lowest BCUT2D eigenvalue weighted by atomic mass is 10.1. The van der Waals surface area contributed by atoms with Gasteiger partial charge in [0.2, 0.25) is 0 Å². The first-order chi connectivity index (χ1) is 13.0. The molecular formula is C19H21N5O3. The van der Waals surface area contributed by atoms with E-state index in [1.54, 1.807) is 16.6 Å². The van der Waals surface area contributed by atoms with E-state index in [1.807, 2.05) is 50.4 Å². The van der Waals surface area contributed by atoms with Gasteiger partial charge in [-0.3, -0.25) is 0 Å². The molecular weight excluding hydrogens is 346 g/mol. The highest BCUT2D eigenvalue weighted by Gasteiger charge is 2.20. The molecule has 1 atom stereocenters. The Kier molecular flexibility index (Phi) is 4.31. The van der Waals surface area contributed by atoms with Crippen molar-refractivity contribution < 1.29 is 14.3 Å². The van der Waals surface area contributed by atoms with Crippen molar-refractivity contribution in [1.82, 2.24) is 19.9 Å². The molecule has 1 aliphatic heterocycles. The Bertz CT molecular complexity index is 1000. The summed E-state index contributed by atoms with van der Waals surface area (Å²) in [5.41, 5.74) is 3.29. The Morgan fingerprint density at radius 3 is 2.78 bits per heavy atom. The van der Waals surface area contributed by atoms with Gasteiger partial charge in [-0.25, -0.2) is 9.48 Å². The zero-order valence-corrected chi connectivity index (χ0v) is 15.5. The average Bonchev–Trinajstić information content (AvgIpc) is 3.06. The monoisotopic (exact) mass is 367 g/mol. The van der Waals surface area contributed by atoms with Crippen molar-refractivity contribution in [2.24, 2.45) is 7.05 Å². The van der Waals surface area contributed by atoms with Crippen molar-refractivity contribution in [2.45, 2.75) is 13.0 Å². The molecule has 1 aromatic heterocycles. The summed E-state index contributed by atoms with van der Waals surface area (Å²) in [6.45, 7) is 3.06. The fourth-order valence-electron chi connectivity index (χ4n) is 3.05. The lowest BCUT2D eigenvalue weighted by molar-refractivity contribution is 0.170. The normalized spacial score (nSPS) is 14.0. The maximum absolute atomic E-state index is 12.7. The lowest BCUT2D eigenvalue weighted by Gasteiger charge is -2.27. The van der Waals surface area contributed by atoms with Crippen molar-refractivity contribution in [3.8, 4) is 11.5 Å². The Balaban J connectivity index is 1.49. The van der Waals surface area contributed by atoms with Gasteiger partial charge in [-0.15, -0.1) is 5.10 Å². The zero-order valence-electron chi connectivity index (χ0n) is 15.5. The van der Waals surface area contributed by atoms with E-state index in [4.69, 9.17) is 9.47 Å². The van der Waals surface area contributed by atoms with Crippen molar-refractivity contribution >= 4 is 22.8 Å². The quantitative estimate of drug-likeness (QED) is 0.770. The zero-order chi connectivity index (χ0) is 19.0. The van der Waals surface area contributed by atoms with Gasteiger partial charge in [0.1, 0.15) is 18.7 Å². The highest BCUT2D eigenvalue weighted by molar-refractivity contribution is 5.92. The highest BCUT2D eigenvalue weighted by atomic mass is 16.6. The maximum Gasteiger partial charge on any atom is 0.322 e. The molecule has 0 radical (unpaired) electrons. The minimum absolute atomic E-state index is 0.138. The minimum Gasteiger partial charge on any atom is -0.486 e. The van der Waals surface area contributed by atoms with Crippen LogP contribution in [0.2, 0.25) is 0 Å². The molecule has 2 aromatic carbocycles. The summed E-state index contributed by atoms with van der Waals surface area (Å²) in [6.07, 6.45) is 0. The summed E-state index contributed by atoms with van der Waals surface area (Å²) in [7, 11) is 3.59. The van der Waals surface area contributed by atoms with Crippen molar-refractivity contribution in [3.05, 3.63) is 42.0 Å². The van der Waals surface area contributed by atoms with Crippen LogP contribution >= 0.6 is 0 Å². The van der Waals surface area contributed by atoms with Crippen LogP contribution in [-0.4, -0.2) is 46.2 Å². The van der Waals surface area contributed by atoms with Crippen LogP contribution in [0.25, 0.3) is 11.0 Å². The molecule has 2 heterocycles. The van der Waals surface area contributed by atoms with Crippen LogP contribution in [0.5, 0.6) is 11.5 Å². The number of carbonyl (C=O) groups is 1. The fourth-order valence-corrected chi connectivity index (χ4v) is 3.05. The number of nitrogens with one attached hydrogen (secondary N) is 1. The number of rotatable bonds is 3. The molecule has 0 aliphatic carbocycles. The number of fused-ring (bicyclic) bond motifs is 2. The van der Waals surface area contributed by atoms with E-state index in [9.17, 15) is 4.79 Å². The summed E-state index contributed by atoms with van der Waals surface area (Å²) in [6, 6.07) is 10.9. The number of carbonyl (C=O) groups excluding carboxylic acids is 1. The molecule has 3 aromatic rings. The first-order valence-corrected chi connectivity index (χ1v) is 8.76. The molecule has 0 spiro atoms. The van der Waals surface area contributed by atoms with E-state index in [-0.39, 0.29) is 12.1 Å². The Hall–Kier alpha value is -3.29. The van der Waals surface area contributed by atoms with Crippen molar-refractivity contribution in [2.75, 3.05) is 25.6 Å². The van der Waals surface area contributed by atoms with Gasteiger partial charge in [0.15, 0.2) is 11.5 Å². The molecule has 8 heteroatoms. The predicted molar refractivity (Wildman–Crippen MR) is 101 cm³/mol. The van der Waals surface area contributed by atoms with Gasteiger partial charge in [0, 0.05) is 19.8 Å². The van der Waals surface area contributed by atoms with E-state index in [0.29, 0.717) is 24.7 Å². The second-order valence-electron chi connectivity index (χ2n) is 6.54. The molecule has 0 fully saturated rings. The summed E-state index contributed by atoms with van der Waals surface area (Å²) < 4.78 is 12.9. The lowest BCUT2D eigenvalue weighted by Crippen LogP contribution is -2.33. The van der Waals surface area contributed by atoms with Gasteiger partial charge >= 0.3 is 6.03 Å². The Morgan fingerprint density at radius 2 is 1.96 bits per heavy atom. The molecule has 0 saturated carbocycles. The standard InChI is InChI=1S/C19H21N5O3/c1-12(13-4-7-17-18(10-13)27-9-8-26-17)23(2)19(25)20-14-5-6-16-15(11-14)21-22-24(16)3/h4-7,10-12H,8-9H2,1-3H3,(H,20,25). The number of aromatic nitrogens is 3. The van der Waals surface area contributed by atoms with Gasteiger partial charge in [-0.1, -0.05) is 11.3 Å². The first kappa shape index (κ1) is 17.1. The number of anilines is 1. The molecule has 1 N–H and O–H groups in total. The minimum atomic E-state index is -0.208. The third-order valence-corrected chi connectivity index (χ3v) is 4.81. The molecule has 1 aliphatic rings. The van der Waals surface area contributed by atoms with Gasteiger partial charge in [-0.05, 0) is 42.8 Å². The second kappa shape index (κ2) is 6.79. The van der Waals surface area contributed by atoms with Gasteiger partial charge < -0.3 is 19.7 Å². The number of urea groups is 1. The number of hydrogen-bond acceptors (Lipinski definition) is 5. The summed E-state index contributed by atoms with van der Waals surface area (Å²) in [5.74, 6) is 1.45. The van der Waals surface area contributed by atoms with Gasteiger partial charge in [-0.2, -0.15) is 0 Å². The predicted octanol–water partition coefficient (Wildman–Crippen LogP) is 2.96. The van der Waals surface area contributed by atoms with Crippen molar-refractivity contribution in [1.29, 1.82) is 0 Å². The molecule has 8 nitrogen and oxygen atoms in total. The Morgan fingerprint density at radius 1 is 1.19 bits per heavy atom. The van der Waals surface area contributed by atoms with Crippen LogP contribution in [0.4, 0.5) is 10.5 Å². The molecule has 27 heavy (non-hydrogen) atoms. The molecule has 2 amide bonds. The maximum atomic E-state index is 12.7. The van der Waals surface area contributed by atoms with E-state index >= 15 is 0 Å². The van der Waals surface area contributed by atoms with E-state index in [2.05, 4.69) is 15.6 Å². The highest BCUT2D eigenvalue weighted by Crippen LogP contribution is 2.33. The number of amides is 2. The largest absolute Gasteiger partial charge is 0.486 e. The van der Waals surface area contributed by atoms with Crippen LogP contribution in [-0.2, 0) is 7.05 Å². The molecule has 0 saturated heterocycles. The number of aryl methyl sites for hydroxylation is 1. The van der Waals surface area contributed by atoms with Crippen LogP contribution in [0, 0.1) is 0 Å². The topological polar surface area (TPSA) is 81.5 Å². The summed E-state index contributed by atoms with van der Waals surface area (Å²) in [4.78, 5) is 14.3. The van der Waals surface area contributed by atoms with Gasteiger partial charge in [0.05, 0.1) is 11.6 Å². The van der Waals surface area contributed by atoms with Crippen LogP contribution < -0.4 is 14.8 Å². The van der Waals surface area contributed by atoms with Crippen LogP contribution in [0.15, 0.2) is 36.4 Å².